The van der Waals surface area contributed by atoms with Crippen LogP contribution in [0, 0.1) is 6.92 Å². The Hall–Kier alpha value is -3.71. The number of aromatic nitrogens is 2. The minimum Gasteiger partial charge on any atom is -0.497 e. The SMILES string of the molecule is COc1ccc2[nH]cc(CCC3(N)NC(C)=CC(=NCc4ccc5[nH]c(C)cc5c4)N3)c2c1. The van der Waals surface area contributed by atoms with Gasteiger partial charge in [-0.1, -0.05) is 6.07 Å². The Morgan fingerprint density at radius 2 is 1.88 bits per heavy atom. The van der Waals surface area contributed by atoms with Gasteiger partial charge in [0.2, 0.25) is 0 Å². The molecule has 4 aromatic rings. The smallest absolute Gasteiger partial charge is 0.162 e. The number of benzene rings is 2. The highest BCUT2D eigenvalue weighted by molar-refractivity contribution is 5.95. The summed E-state index contributed by atoms with van der Waals surface area (Å²) in [6.07, 6.45) is 5.54. The number of nitrogens with two attached hydrogens (primary N) is 1. The van der Waals surface area contributed by atoms with Crippen LogP contribution in [0.5, 0.6) is 5.75 Å². The molecule has 2 aromatic carbocycles. The highest BCUT2D eigenvalue weighted by Gasteiger charge is 2.29. The zero-order valence-corrected chi connectivity index (χ0v) is 19.3. The number of nitrogens with one attached hydrogen (secondary N) is 4. The number of aryl methyl sites for hydroxylation is 2. The zero-order valence-electron chi connectivity index (χ0n) is 19.3. The summed E-state index contributed by atoms with van der Waals surface area (Å²) in [7, 11) is 1.69. The number of rotatable bonds is 6. The standard InChI is InChI=1S/C26H30N6O/c1-16-10-20-12-18(4-6-23(20)30-16)14-29-25-11-17(2)31-26(27,32-25)9-8-19-15-28-24-7-5-21(33-3)13-22(19)24/h4-7,10-13,15,28,30-31H,8-9,14,27H2,1-3H3,(H,29,32). The molecule has 0 amide bonds. The van der Waals surface area contributed by atoms with Gasteiger partial charge in [-0.3, -0.25) is 10.7 Å². The van der Waals surface area contributed by atoms with Crippen molar-refractivity contribution in [1.82, 2.24) is 20.6 Å². The van der Waals surface area contributed by atoms with Crippen molar-refractivity contribution < 1.29 is 4.74 Å². The molecule has 0 spiro atoms. The number of hydrogen-bond acceptors (Lipinski definition) is 4. The molecule has 1 atom stereocenters. The summed E-state index contributed by atoms with van der Waals surface area (Å²) < 4.78 is 5.39. The van der Waals surface area contributed by atoms with Crippen molar-refractivity contribution in [2.24, 2.45) is 10.7 Å². The second kappa shape index (κ2) is 8.33. The Kier molecular flexibility index (Phi) is 5.34. The van der Waals surface area contributed by atoms with Gasteiger partial charge < -0.3 is 25.3 Å². The van der Waals surface area contributed by atoms with Crippen LogP contribution in [0.3, 0.4) is 0 Å². The summed E-state index contributed by atoms with van der Waals surface area (Å²) in [6, 6.07) is 14.6. The molecular weight excluding hydrogens is 412 g/mol. The number of amidine groups is 1. The van der Waals surface area contributed by atoms with Crippen LogP contribution in [-0.2, 0) is 13.0 Å². The normalized spacial score (nSPS) is 19.5. The number of fused-ring (bicyclic) bond motifs is 2. The van der Waals surface area contributed by atoms with Gasteiger partial charge in [-0.25, -0.2) is 0 Å². The van der Waals surface area contributed by atoms with Crippen LogP contribution in [0.1, 0.15) is 30.2 Å². The van der Waals surface area contributed by atoms with Gasteiger partial charge in [-0.05, 0) is 79.3 Å². The quantitative estimate of drug-likeness (QED) is 0.309. The van der Waals surface area contributed by atoms with Crippen molar-refractivity contribution >= 4 is 27.6 Å². The lowest BCUT2D eigenvalue weighted by atomic mass is 10.0. The number of aliphatic imine (C=N–C) groups is 1. The van der Waals surface area contributed by atoms with Crippen LogP contribution in [0.25, 0.3) is 21.8 Å². The summed E-state index contributed by atoms with van der Waals surface area (Å²) in [6.45, 7) is 4.67. The fraction of sp³-hybridized carbons (Fsp3) is 0.269. The highest BCUT2D eigenvalue weighted by atomic mass is 16.5. The summed E-state index contributed by atoms with van der Waals surface area (Å²) >= 11 is 0. The predicted octanol–water partition coefficient (Wildman–Crippen LogP) is 4.21. The number of nitrogens with zero attached hydrogens (tertiary/aromatic N) is 1. The van der Waals surface area contributed by atoms with Gasteiger partial charge in [0, 0.05) is 40.4 Å². The monoisotopic (exact) mass is 442 g/mol. The van der Waals surface area contributed by atoms with Crippen molar-refractivity contribution in [3.05, 3.63) is 77.3 Å². The molecule has 1 unspecified atom stereocenters. The van der Waals surface area contributed by atoms with Crippen molar-refractivity contribution in [2.75, 3.05) is 7.11 Å². The summed E-state index contributed by atoms with van der Waals surface area (Å²) in [5, 5.41) is 9.16. The average molecular weight is 443 g/mol. The predicted molar refractivity (Wildman–Crippen MR) is 134 cm³/mol. The lowest BCUT2D eigenvalue weighted by molar-refractivity contribution is 0.306. The zero-order chi connectivity index (χ0) is 23.0. The van der Waals surface area contributed by atoms with Crippen LogP contribution in [0.4, 0.5) is 0 Å². The van der Waals surface area contributed by atoms with E-state index in [0.717, 1.165) is 51.4 Å². The van der Waals surface area contributed by atoms with Gasteiger partial charge in [-0.15, -0.1) is 0 Å². The fourth-order valence-corrected chi connectivity index (χ4v) is 4.52. The molecule has 1 aliphatic heterocycles. The maximum Gasteiger partial charge on any atom is 0.162 e. The molecule has 170 valence electrons. The fourth-order valence-electron chi connectivity index (χ4n) is 4.52. The third kappa shape index (κ3) is 4.45. The lowest BCUT2D eigenvalue weighted by Crippen LogP contribution is -2.67. The highest BCUT2D eigenvalue weighted by Crippen LogP contribution is 2.25. The minimum atomic E-state index is -0.776. The molecule has 3 heterocycles. The second-order valence-corrected chi connectivity index (χ2v) is 8.85. The number of methoxy groups -OCH3 is 1. The van der Waals surface area contributed by atoms with E-state index in [1.54, 1.807) is 7.11 Å². The average Bonchev–Trinajstić information content (AvgIpc) is 3.37. The molecule has 5 rings (SSSR count). The summed E-state index contributed by atoms with van der Waals surface area (Å²) in [5.74, 6) is 0.863. The number of ether oxygens (including phenoxy) is 1. The van der Waals surface area contributed by atoms with Crippen LogP contribution < -0.4 is 21.1 Å². The van der Waals surface area contributed by atoms with Crippen LogP contribution in [0.2, 0.25) is 0 Å². The van der Waals surface area contributed by atoms with Gasteiger partial charge in [-0.2, -0.15) is 0 Å². The Bertz CT molecular complexity index is 1380. The largest absolute Gasteiger partial charge is 0.497 e. The van der Waals surface area contributed by atoms with E-state index in [0.29, 0.717) is 13.0 Å². The molecule has 1 aliphatic rings. The number of aromatic amines is 2. The number of H-pyrrole nitrogens is 2. The maximum atomic E-state index is 6.72. The molecule has 7 heteroatoms. The first kappa shape index (κ1) is 21.2. The van der Waals surface area contributed by atoms with E-state index in [1.165, 1.54) is 10.9 Å². The molecule has 0 saturated carbocycles. The Balaban J connectivity index is 1.30. The van der Waals surface area contributed by atoms with Crippen molar-refractivity contribution in [3.8, 4) is 5.75 Å². The van der Waals surface area contributed by atoms with E-state index in [4.69, 9.17) is 15.5 Å². The molecule has 2 aromatic heterocycles. The van der Waals surface area contributed by atoms with E-state index in [1.807, 2.05) is 31.3 Å². The Morgan fingerprint density at radius 3 is 2.73 bits per heavy atom. The topological polar surface area (TPSA) is 103 Å². The van der Waals surface area contributed by atoms with E-state index in [-0.39, 0.29) is 0 Å². The molecule has 0 aliphatic carbocycles. The minimum absolute atomic E-state index is 0.588. The Labute approximate surface area is 193 Å². The molecule has 0 radical (unpaired) electrons. The van der Waals surface area contributed by atoms with E-state index < -0.39 is 5.79 Å². The van der Waals surface area contributed by atoms with E-state index >= 15 is 0 Å². The van der Waals surface area contributed by atoms with Crippen molar-refractivity contribution in [1.29, 1.82) is 0 Å². The first-order valence-electron chi connectivity index (χ1n) is 11.2. The van der Waals surface area contributed by atoms with E-state index in [2.05, 4.69) is 57.9 Å². The van der Waals surface area contributed by atoms with Crippen LogP contribution in [0.15, 0.2) is 65.4 Å². The van der Waals surface area contributed by atoms with Gasteiger partial charge in [0.15, 0.2) is 5.79 Å². The number of hydrogen-bond donors (Lipinski definition) is 5. The molecule has 6 N–H and O–H groups in total. The van der Waals surface area contributed by atoms with Gasteiger partial charge >= 0.3 is 0 Å². The molecule has 0 fully saturated rings. The van der Waals surface area contributed by atoms with Crippen molar-refractivity contribution in [3.63, 3.8) is 0 Å². The maximum absolute atomic E-state index is 6.72. The van der Waals surface area contributed by atoms with Crippen LogP contribution in [-0.4, -0.2) is 28.7 Å². The van der Waals surface area contributed by atoms with Gasteiger partial charge in [0.1, 0.15) is 11.6 Å². The molecule has 7 nitrogen and oxygen atoms in total. The van der Waals surface area contributed by atoms with E-state index in [9.17, 15) is 0 Å². The van der Waals surface area contributed by atoms with Crippen LogP contribution >= 0.6 is 0 Å². The molecule has 0 saturated heterocycles. The lowest BCUT2D eigenvalue weighted by Gasteiger charge is -2.37. The first-order valence-corrected chi connectivity index (χ1v) is 11.2. The first-order chi connectivity index (χ1) is 15.9. The third-order valence-corrected chi connectivity index (χ3v) is 6.14. The van der Waals surface area contributed by atoms with Gasteiger partial charge in [0.05, 0.1) is 13.7 Å². The summed E-state index contributed by atoms with van der Waals surface area (Å²) in [4.78, 5) is 11.5. The summed E-state index contributed by atoms with van der Waals surface area (Å²) in [5.41, 5.74) is 13.5. The number of allylic oxidation sites excluding steroid dienone is 1. The Morgan fingerprint density at radius 1 is 1.03 bits per heavy atom. The second-order valence-electron chi connectivity index (χ2n) is 8.85. The third-order valence-electron chi connectivity index (χ3n) is 6.14. The molecule has 0 bridgehead atoms. The van der Waals surface area contributed by atoms with Gasteiger partial charge in [0.25, 0.3) is 0 Å². The molecular formula is C26H30N6O. The van der Waals surface area contributed by atoms with Crippen molar-refractivity contribution in [2.45, 2.75) is 39.0 Å². The molecule has 33 heavy (non-hydrogen) atoms.